The molecule has 0 amide bonds. The average Bonchev–Trinajstić information content (AvgIpc) is 2.75. The molecule has 1 aliphatic rings. The van der Waals surface area contributed by atoms with E-state index in [4.69, 9.17) is 5.26 Å². The van der Waals surface area contributed by atoms with Crippen molar-refractivity contribution >= 4 is 0 Å². The van der Waals surface area contributed by atoms with Gasteiger partial charge in [0.15, 0.2) is 0 Å². The Kier molecular flexibility index (Phi) is 3.75. The number of benzene rings is 1. The van der Waals surface area contributed by atoms with E-state index in [-0.39, 0.29) is 5.82 Å². The molecule has 1 saturated heterocycles. The molecule has 0 spiro atoms. The summed E-state index contributed by atoms with van der Waals surface area (Å²) in [4.78, 5) is 2.38. The van der Waals surface area contributed by atoms with Crippen molar-refractivity contribution in [2.45, 2.75) is 38.8 Å². The molecule has 90 valence electrons. The van der Waals surface area contributed by atoms with E-state index < -0.39 is 0 Å². The first-order valence-corrected chi connectivity index (χ1v) is 6.16. The lowest BCUT2D eigenvalue weighted by atomic mass is 10.1. The van der Waals surface area contributed by atoms with E-state index in [1.54, 1.807) is 6.07 Å². The zero-order chi connectivity index (χ0) is 12.3. The summed E-state index contributed by atoms with van der Waals surface area (Å²) < 4.78 is 13.3. The van der Waals surface area contributed by atoms with Crippen molar-refractivity contribution in [3.8, 4) is 6.07 Å². The second-order valence-corrected chi connectivity index (χ2v) is 4.63. The Balaban J connectivity index is 2.13. The first kappa shape index (κ1) is 12.1. The van der Waals surface area contributed by atoms with Gasteiger partial charge in [0, 0.05) is 12.6 Å². The predicted octanol–water partition coefficient (Wildman–Crippen LogP) is 3.07. The van der Waals surface area contributed by atoms with Crippen LogP contribution >= 0.6 is 0 Å². The van der Waals surface area contributed by atoms with Crippen LogP contribution in [-0.2, 0) is 6.54 Å². The minimum Gasteiger partial charge on any atom is -0.296 e. The highest BCUT2D eigenvalue weighted by Gasteiger charge is 2.22. The molecule has 0 aliphatic carbocycles. The summed E-state index contributed by atoms with van der Waals surface area (Å²) in [6.07, 6.45) is 3.59. The van der Waals surface area contributed by atoms with Gasteiger partial charge in [-0.25, -0.2) is 4.39 Å². The molecule has 17 heavy (non-hydrogen) atoms. The van der Waals surface area contributed by atoms with Crippen LogP contribution in [0.25, 0.3) is 0 Å². The van der Waals surface area contributed by atoms with Crippen LogP contribution in [0.1, 0.15) is 37.3 Å². The van der Waals surface area contributed by atoms with Crippen LogP contribution in [0.5, 0.6) is 0 Å². The Morgan fingerprint density at radius 3 is 3.00 bits per heavy atom. The Morgan fingerprint density at radius 1 is 1.47 bits per heavy atom. The maximum atomic E-state index is 13.3. The van der Waals surface area contributed by atoms with Gasteiger partial charge in [0.25, 0.3) is 0 Å². The van der Waals surface area contributed by atoms with Crippen LogP contribution in [0.2, 0.25) is 0 Å². The fourth-order valence-electron chi connectivity index (χ4n) is 2.61. The zero-order valence-corrected chi connectivity index (χ0v) is 10.1. The van der Waals surface area contributed by atoms with E-state index in [1.165, 1.54) is 25.0 Å². The fraction of sp³-hybridized carbons (Fsp3) is 0.500. The molecule has 1 fully saturated rings. The van der Waals surface area contributed by atoms with Gasteiger partial charge in [-0.15, -0.1) is 0 Å². The molecule has 0 radical (unpaired) electrons. The third-order valence-electron chi connectivity index (χ3n) is 3.44. The van der Waals surface area contributed by atoms with Crippen LogP contribution in [0.3, 0.4) is 0 Å². The van der Waals surface area contributed by atoms with Gasteiger partial charge in [0.05, 0.1) is 11.6 Å². The van der Waals surface area contributed by atoms with E-state index in [0.717, 1.165) is 25.1 Å². The van der Waals surface area contributed by atoms with Crippen molar-refractivity contribution in [1.82, 2.24) is 4.90 Å². The first-order valence-electron chi connectivity index (χ1n) is 6.16. The van der Waals surface area contributed by atoms with Gasteiger partial charge in [-0.2, -0.15) is 5.26 Å². The molecule has 1 aromatic carbocycles. The molecule has 1 aliphatic heterocycles. The van der Waals surface area contributed by atoms with E-state index in [2.05, 4.69) is 11.8 Å². The Bertz CT molecular complexity index is 436. The third kappa shape index (κ3) is 2.83. The number of rotatable bonds is 3. The van der Waals surface area contributed by atoms with Gasteiger partial charge >= 0.3 is 0 Å². The topological polar surface area (TPSA) is 27.0 Å². The molecule has 2 rings (SSSR count). The summed E-state index contributed by atoms with van der Waals surface area (Å²) in [6, 6.07) is 7.22. The van der Waals surface area contributed by atoms with Crippen LogP contribution in [0.4, 0.5) is 4.39 Å². The lowest BCUT2D eigenvalue weighted by molar-refractivity contribution is 0.240. The zero-order valence-electron chi connectivity index (χ0n) is 10.1. The summed E-state index contributed by atoms with van der Waals surface area (Å²) in [6.45, 7) is 4.02. The SMILES string of the molecule is CCC1CCCN1Cc1cc(F)cc(C#N)c1. The van der Waals surface area contributed by atoms with Gasteiger partial charge in [-0.05, 0) is 49.6 Å². The second-order valence-electron chi connectivity index (χ2n) is 4.63. The summed E-state index contributed by atoms with van der Waals surface area (Å²) in [5.74, 6) is -0.314. The molecule has 1 unspecified atom stereocenters. The van der Waals surface area contributed by atoms with Gasteiger partial charge in [0.2, 0.25) is 0 Å². The lowest BCUT2D eigenvalue weighted by Crippen LogP contribution is -2.28. The quantitative estimate of drug-likeness (QED) is 0.800. The monoisotopic (exact) mass is 232 g/mol. The highest BCUT2D eigenvalue weighted by Crippen LogP contribution is 2.22. The van der Waals surface area contributed by atoms with Crippen LogP contribution in [0.15, 0.2) is 18.2 Å². The van der Waals surface area contributed by atoms with Gasteiger partial charge in [0.1, 0.15) is 5.82 Å². The highest BCUT2D eigenvalue weighted by molar-refractivity contribution is 5.33. The molecular formula is C14H17FN2. The van der Waals surface area contributed by atoms with E-state index in [9.17, 15) is 4.39 Å². The van der Waals surface area contributed by atoms with E-state index in [0.29, 0.717) is 11.6 Å². The van der Waals surface area contributed by atoms with Gasteiger partial charge < -0.3 is 0 Å². The summed E-state index contributed by atoms with van der Waals surface area (Å²) in [5, 5.41) is 8.82. The maximum absolute atomic E-state index is 13.3. The number of nitrogens with zero attached hydrogens (tertiary/aromatic N) is 2. The molecule has 1 atom stereocenters. The van der Waals surface area contributed by atoms with Crippen molar-refractivity contribution in [1.29, 1.82) is 5.26 Å². The smallest absolute Gasteiger partial charge is 0.124 e. The van der Waals surface area contributed by atoms with Crippen molar-refractivity contribution in [2.75, 3.05) is 6.54 Å². The number of halogens is 1. The fourth-order valence-corrected chi connectivity index (χ4v) is 2.61. The first-order chi connectivity index (χ1) is 8.22. The number of hydrogen-bond acceptors (Lipinski definition) is 2. The standard InChI is InChI=1S/C14H17FN2/c1-2-14-4-3-5-17(14)10-12-6-11(9-16)7-13(15)8-12/h6-8,14H,2-5,10H2,1H3. The molecule has 1 heterocycles. The van der Waals surface area contributed by atoms with Crippen molar-refractivity contribution in [3.05, 3.63) is 35.1 Å². The summed E-state index contributed by atoms with van der Waals surface area (Å²) in [7, 11) is 0. The molecule has 1 aromatic rings. The molecule has 0 saturated carbocycles. The predicted molar refractivity (Wildman–Crippen MR) is 64.8 cm³/mol. The largest absolute Gasteiger partial charge is 0.296 e. The molecule has 2 nitrogen and oxygen atoms in total. The molecule has 0 N–H and O–H groups in total. The maximum Gasteiger partial charge on any atom is 0.124 e. The molecule has 0 bridgehead atoms. The Morgan fingerprint density at radius 2 is 2.29 bits per heavy atom. The molecular weight excluding hydrogens is 215 g/mol. The van der Waals surface area contributed by atoms with E-state index in [1.807, 2.05) is 6.07 Å². The Labute approximate surface area is 102 Å². The minimum absolute atomic E-state index is 0.314. The van der Waals surface area contributed by atoms with Crippen LogP contribution in [-0.4, -0.2) is 17.5 Å². The third-order valence-corrected chi connectivity index (χ3v) is 3.44. The van der Waals surface area contributed by atoms with Gasteiger partial charge in [-0.1, -0.05) is 6.92 Å². The lowest BCUT2D eigenvalue weighted by Gasteiger charge is -2.23. The highest BCUT2D eigenvalue weighted by atomic mass is 19.1. The normalized spacial score (nSPS) is 20.4. The number of hydrogen-bond donors (Lipinski definition) is 0. The summed E-state index contributed by atoms with van der Waals surface area (Å²) >= 11 is 0. The van der Waals surface area contributed by atoms with Crippen molar-refractivity contribution in [2.24, 2.45) is 0 Å². The molecule has 3 heteroatoms. The molecule has 0 aromatic heterocycles. The van der Waals surface area contributed by atoms with Crippen molar-refractivity contribution < 1.29 is 4.39 Å². The van der Waals surface area contributed by atoms with Crippen LogP contribution in [0, 0.1) is 17.1 Å². The summed E-state index contributed by atoms with van der Waals surface area (Å²) in [5.41, 5.74) is 1.31. The Hall–Kier alpha value is -1.40. The number of nitriles is 1. The van der Waals surface area contributed by atoms with Crippen molar-refractivity contribution in [3.63, 3.8) is 0 Å². The average molecular weight is 232 g/mol. The van der Waals surface area contributed by atoms with E-state index >= 15 is 0 Å². The minimum atomic E-state index is -0.314. The number of likely N-dealkylation sites (tertiary alicyclic amines) is 1. The van der Waals surface area contributed by atoms with Gasteiger partial charge in [-0.3, -0.25) is 4.90 Å². The second kappa shape index (κ2) is 5.29. The van der Waals surface area contributed by atoms with Crippen LogP contribution < -0.4 is 0 Å².